The van der Waals surface area contributed by atoms with Crippen LogP contribution < -0.4 is 0 Å². The lowest BCUT2D eigenvalue weighted by Crippen LogP contribution is -2.39. The molecule has 1 aromatic rings. The topological polar surface area (TPSA) is 3.24 Å². The molecule has 116 valence electrons. The maximum atomic E-state index is 2.78. The molecule has 1 fully saturated rings. The third kappa shape index (κ3) is 3.51. The van der Waals surface area contributed by atoms with Crippen LogP contribution in [0.5, 0.6) is 0 Å². The highest BCUT2D eigenvalue weighted by molar-refractivity contribution is 5.36. The van der Waals surface area contributed by atoms with Crippen LogP contribution in [-0.4, -0.2) is 24.0 Å². The highest BCUT2D eigenvalue weighted by atomic mass is 15.2. The number of hydrogen-bond donors (Lipinski definition) is 0. The molecule has 1 heterocycles. The second-order valence-corrected chi connectivity index (χ2v) is 8.06. The summed E-state index contributed by atoms with van der Waals surface area (Å²) < 4.78 is 0. The van der Waals surface area contributed by atoms with Gasteiger partial charge >= 0.3 is 0 Å². The lowest BCUT2D eigenvalue weighted by atomic mass is 9.84. The Morgan fingerprint density at radius 1 is 0.905 bits per heavy atom. The molecule has 1 aliphatic carbocycles. The van der Waals surface area contributed by atoms with E-state index in [2.05, 4.69) is 43.9 Å². The molecule has 0 radical (unpaired) electrons. The minimum absolute atomic E-state index is 0.271. The van der Waals surface area contributed by atoms with Gasteiger partial charge in [-0.3, -0.25) is 0 Å². The van der Waals surface area contributed by atoms with E-state index in [0.29, 0.717) is 0 Å². The van der Waals surface area contributed by atoms with Crippen LogP contribution in [-0.2, 0) is 18.3 Å². The van der Waals surface area contributed by atoms with Gasteiger partial charge in [0.05, 0.1) is 0 Å². The summed E-state index contributed by atoms with van der Waals surface area (Å²) in [6.07, 6.45) is 9.55. The summed E-state index contributed by atoms with van der Waals surface area (Å²) >= 11 is 0. The molecule has 0 amide bonds. The predicted molar refractivity (Wildman–Crippen MR) is 91.0 cm³/mol. The summed E-state index contributed by atoms with van der Waals surface area (Å²) in [4.78, 5) is 2.78. The van der Waals surface area contributed by atoms with Crippen LogP contribution in [0.25, 0.3) is 0 Å². The Hall–Kier alpha value is -0.820. The van der Waals surface area contributed by atoms with E-state index in [9.17, 15) is 0 Å². The summed E-state index contributed by atoms with van der Waals surface area (Å²) in [5.74, 6) is 0. The minimum atomic E-state index is 0.271. The largest absolute Gasteiger partial charge is 0.300 e. The molecule has 0 saturated carbocycles. The molecular formula is C20H31N. The average molecular weight is 285 g/mol. The fourth-order valence-electron chi connectivity index (χ4n) is 4.01. The molecule has 1 unspecified atom stereocenters. The van der Waals surface area contributed by atoms with Crippen molar-refractivity contribution in [1.82, 2.24) is 4.90 Å². The predicted octanol–water partition coefficient (Wildman–Crippen LogP) is 4.72. The maximum Gasteiger partial charge on any atom is 0.0102 e. The standard InChI is InChI=1S/C20H31N/c1-20(2,3)18-10-7-16-8-11-19(12-9-17(16)15-18)21-13-5-4-6-14-21/h7,10,15,19H,4-6,8-9,11-14H2,1-3H3. The van der Waals surface area contributed by atoms with E-state index in [-0.39, 0.29) is 5.41 Å². The van der Waals surface area contributed by atoms with Gasteiger partial charge in [-0.05, 0) is 73.7 Å². The fraction of sp³-hybridized carbons (Fsp3) is 0.700. The molecule has 0 spiro atoms. The highest BCUT2D eigenvalue weighted by Crippen LogP contribution is 2.30. The third-order valence-corrected chi connectivity index (χ3v) is 5.47. The number of benzene rings is 1. The van der Waals surface area contributed by atoms with Gasteiger partial charge in [0.2, 0.25) is 0 Å². The fourth-order valence-corrected chi connectivity index (χ4v) is 4.01. The minimum Gasteiger partial charge on any atom is -0.300 e. The first-order valence-corrected chi connectivity index (χ1v) is 8.90. The molecule has 3 rings (SSSR count). The van der Waals surface area contributed by atoms with E-state index in [1.807, 2.05) is 0 Å². The van der Waals surface area contributed by atoms with Crippen LogP contribution in [0, 0.1) is 0 Å². The first kappa shape index (κ1) is 15.1. The van der Waals surface area contributed by atoms with Gasteiger partial charge in [0.15, 0.2) is 0 Å². The number of piperidine rings is 1. The average Bonchev–Trinajstić information content (AvgIpc) is 2.69. The Morgan fingerprint density at radius 3 is 2.24 bits per heavy atom. The van der Waals surface area contributed by atoms with Crippen LogP contribution in [0.15, 0.2) is 18.2 Å². The van der Waals surface area contributed by atoms with E-state index < -0.39 is 0 Å². The van der Waals surface area contributed by atoms with Crippen molar-refractivity contribution in [3.8, 4) is 0 Å². The summed E-state index contributed by atoms with van der Waals surface area (Å²) in [6, 6.07) is 8.10. The molecule has 1 nitrogen and oxygen atoms in total. The number of rotatable bonds is 1. The van der Waals surface area contributed by atoms with Crippen LogP contribution in [0.2, 0.25) is 0 Å². The molecule has 1 aliphatic heterocycles. The molecular weight excluding hydrogens is 254 g/mol. The van der Waals surface area contributed by atoms with Crippen LogP contribution in [0.3, 0.4) is 0 Å². The van der Waals surface area contributed by atoms with Crippen molar-refractivity contribution in [2.24, 2.45) is 0 Å². The maximum absolute atomic E-state index is 2.78. The SMILES string of the molecule is CC(C)(C)c1ccc2c(c1)CCC(N1CCCCC1)CC2. The van der Waals surface area contributed by atoms with Gasteiger partial charge in [0.1, 0.15) is 0 Å². The number of nitrogens with zero attached hydrogens (tertiary/aromatic N) is 1. The molecule has 21 heavy (non-hydrogen) atoms. The van der Waals surface area contributed by atoms with E-state index in [4.69, 9.17) is 0 Å². The van der Waals surface area contributed by atoms with Crippen molar-refractivity contribution in [3.05, 3.63) is 34.9 Å². The molecule has 1 aromatic carbocycles. The smallest absolute Gasteiger partial charge is 0.0102 e. The number of likely N-dealkylation sites (tertiary alicyclic amines) is 1. The zero-order valence-electron chi connectivity index (χ0n) is 14.1. The van der Waals surface area contributed by atoms with Crippen molar-refractivity contribution in [2.75, 3.05) is 13.1 Å². The highest BCUT2D eigenvalue weighted by Gasteiger charge is 2.24. The molecule has 0 aromatic heterocycles. The summed E-state index contributed by atoms with van der Waals surface area (Å²) in [5.41, 5.74) is 5.01. The van der Waals surface area contributed by atoms with E-state index in [1.54, 1.807) is 11.1 Å². The van der Waals surface area contributed by atoms with E-state index >= 15 is 0 Å². The Labute approximate surface area is 130 Å². The van der Waals surface area contributed by atoms with Gasteiger partial charge < -0.3 is 4.90 Å². The lowest BCUT2D eigenvalue weighted by molar-refractivity contribution is 0.150. The first-order chi connectivity index (χ1) is 10.0. The zero-order chi connectivity index (χ0) is 14.9. The second-order valence-electron chi connectivity index (χ2n) is 8.06. The Morgan fingerprint density at radius 2 is 1.57 bits per heavy atom. The van der Waals surface area contributed by atoms with Gasteiger partial charge in [-0.25, -0.2) is 0 Å². The van der Waals surface area contributed by atoms with Crippen LogP contribution >= 0.6 is 0 Å². The number of aryl methyl sites for hydroxylation is 2. The normalized spacial score (nSPS) is 24.4. The summed E-state index contributed by atoms with van der Waals surface area (Å²) in [7, 11) is 0. The second kappa shape index (κ2) is 6.12. The van der Waals surface area contributed by atoms with Gasteiger partial charge in [-0.15, -0.1) is 0 Å². The number of fused-ring (bicyclic) bond motifs is 1. The van der Waals surface area contributed by atoms with Crippen molar-refractivity contribution < 1.29 is 0 Å². The van der Waals surface area contributed by atoms with Gasteiger partial charge in [0, 0.05) is 6.04 Å². The lowest BCUT2D eigenvalue weighted by Gasteiger charge is -2.34. The summed E-state index contributed by atoms with van der Waals surface area (Å²) in [5, 5.41) is 0. The molecule has 1 heteroatoms. The Kier molecular flexibility index (Phi) is 4.40. The van der Waals surface area contributed by atoms with E-state index in [0.717, 1.165) is 6.04 Å². The Balaban J connectivity index is 1.73. The van der Waals surface area contributed by atoms with Crippen molar-refractivity contribution in [3.63, 3.8) is 0 Å². The molecule has 0 bridgehead atoms. The molecule has 1 saturated heterocycles. The Bertz CT molecular complexity index is 477. The quantitative estimate of drug-likeness (QED) is 0.675. The van der Waals surface area contributed by atoms with E-state index in [1.165, 1.54) is 63.6 Å². The van der Waals surface area contributed by atoms with Gasteiger partial charge in [-0.2, -0.15) is 0 Å². The molecule has 1 atom stereocenters. The molecule has 0 N–H and O–H groups in total. The third-order valence-electron chi connectivity index (χ3n) is 5.47. The van der Waals surface area contributed by atoms with Crippen molar-refractivity contribution >= 4 is 0 Å². The monoisotopic (exact) mass is 285 g/mol. The van der Waals surface area contributed by atoms with Gasteiger partial charge in [-0.1, -0.05) is 45.4 Å². The van der Waals surface area contributed by atoms with Crippen molar-refractivity contribution in [1.29, 1.82) is 0 Å². The van der Waals surface area contributed by atoms with Crippen LogP contribution in [0.4, 0.5) is 0 Å². The summed E-state index contributed by atoms with van der Waals surface area (Å²) in [6.45, 7) is 9.65. The molecule has 2 aliphatic rings. The van der Waals surface area contributed by atoms with Crippen molar-refractivity contribution in [2.45, 2.75) is 77.2 Å². The van der Waals surface area contributed by atoms with Gasteiger partial charge in [0.25, 0.3) is 0 Å². The number of hydrogen-bond acceptors (Lipinski definition) is 1. The van der Waals surface area contributed by atoms with Crippen LogP contribution in [0.1, 0.15) is 69.6 Å². The first-order valence-electron chi connectivity index (χ1n) is 8.90. The zero-order valence-corrected chi connectivity index (χ0v) is 14.1.